The van der Waals surface area contributed by atoms with Crippen molar-refractivity contribution in [3.63, 3.8) is 0 Å². The third-order valence-electron chi connectivity index (χ3n) is 3.13. The lowest BCUT2D eigenvalue weighted by atomic mass is 10.1. The van der Waals surface area contributed by atoms with Crippen LogP contribution in [0.4, 0.5) is 0 Å². The molecule has 5 nitrogen and oxygen atoms in total. The monoisotopic (exact) mass is 262 g/mol. The van der Waals surface area contributed by atoms with E-state index in [9.17, 15) is 14.7 Å². The zero-order valence-electron chi connectivity index (χ0n) is 10.6. The fourth-order valence-electron chi connectivity index (χ4n) is 1.83. The molecule has 0 spiro atoms. The van der Waals surface area contributed by atoms with E-state index < -0.39 is 12.0 Å². The number of carboxylic acid groups (broad SMARTS) is 1. The van der Waals surface area contributed by atoms with Crippen LogP contribution in [-0.2, 0) is 9.59 Å². The van der Waals surface area contributed by atoms with Crippen LogP contribution >= 0.6 is 0 Å². The molecule has 0 aromatic heterocycles. The number of carbonyl (C=O) groups is 2. The topological polar surface area (TPSA) is 78.4 Å². The molecule has 0 heterocycles. The summed E-state index contributed by atoms with van der Waals surface area (Å²) in [5.74, 6) is -0.524. The molecule has 1 aromatic carbocycles. The summed E-state index contributed by atoms with van der Waals surface area (Å²) in [6.07, 6.45) is 2.35. The maximum Gasteiger partial charge on any atom is 0.325 e. The molecule has 1 fully saturated rings. The summed E-state index contributed by atoms with van der Waals surface area (Å²) in [6.45, 7) is 0.710. The van der Waals surface area contributed by atoms with Gasteiger partial charge in [-0.05, 0) is 24.3 Å². The van der Waals surface area contributed by atoms with Crippen LogP contribution in [0, 0.1) is 5.92 Å². The van der Waals surface area contributed by atoms with Crippen LogP contribution < -0.4 is 10.6 Å². The average Bonchev–Trinajstić information content (AvgIpc) is 3.21. The van der Waals surface area contributed by atoms with Crippen LogP contribution in [0.15, 0.2) is 30.3 Å². The van der Waals surface area contributed by atoms with E-state index in [2.05, 4.69) is 10.6 Å². The lowest BCUT2D eigenvalue weighted by Crippen LogP contribution is -2.38. The van der Waals surface area contributed by atoms with Gasteiger partial charge < -0.3 is 10.4 Å². The summed E-state index contributed by atoms with van der Waals surface area (Å²) in [7, 11) is 0. The molecule has 0 radical (unpaired) electrons. The van der Waals surface area contributed by atoms with Crippen LogP contribution in [0.25, 0.3) is 0 Å². The minimum atomic E-state index is -0.985. The molecule has 1 saturated carbocycles. The highest BCUT2D eigenvalue weighted by Crippen LogP contribution is 2.27. The minimum absolute atomic E-state index is 0.0125. The van der Waals surface area contributed by atoms with Gasteiger partial charge in [-0.1, -0.05) is 30.3 Å². The maximum absolute atomic E-state index is 11.6. The first-order chi connectivity index (χ1) is 9.16. The fourth-order valence-corrected chi connectivity index (χ4v) is 1.83. The number of carbonyl (C=O) groups excluding carboxylic acids is 1. The van der Waals surface area contributed by atoms with Crippen molar-refractivity contribution in [3.05, 3.63) is 35.9 Å². The van der Waals surface area contributed by atoms with Crippen molar-refractivity contribution in [2.45, 2.75) is 18.9 Å². The van der Waals surface area contributed by atoms with Gasteiger partial charge in [0.25, 0.3) is 0 Å². The van der Waals surface area contributed by atoms with E-state index in [1.54, 1.807) is 24.3 Å². The molecule has 5 heteroatoms. The van der Waals surface area contributed by atoms with Crippen LogP contribution in [0.2, 0.25) is 0 Å². The standard InChI is InChI=1S/C14H18N2O3/c17-12(15-8-10-6-7-10)9-16-13(14(18)19)11-4-2-1-3-5-11/h1-5,10,13,16H,6-9H2,(H,15,17)(H,18,19). The normalized spacial score (nSPS) is 15.8. The molecular formula is C14H18N2O3. The largest absolute Gasteiger partial charge is 0.480 e. The molecule has 0 bridgehead atoms. The lowest BCUT2D eigenvalue weighted by Gasteiger charge is -2.14. The van der Waals surface area contributed by atoms with E-state index in [4.69, 9.17) is 0 Å². The molecule has 0 saturated heterocycles. The number of hydrogen-bond acceptors (Lipinski definition) is 3. The number of aliphatic carboxylic acids is 1. The third-order valence-corrected chi connectivity index (χ3v) is 3.13. The predicted molar refractivity (Wildman–Crippen MR) is 70.6 cm³/mol. The number of nitrogens with one attached hydrogen (secondary N) is 2. The summed E-state index contributed by atoms with van der Waals surface area (Å²) in [6, 6.07) is 7.99. The van der Waals surface area contributed by atoms with E-state index >= 15 is 0 Å². The maximum atomic E-state index is 11.6. The molecule has 3 N–H and O–H groups in total. The van der Waals surface area contributed by atoms with Crippen molar-refractivity contribution < 1.29 is 14.7 Å². The third kappa shape index (κ3) is 4.37. The first-order valence-electron chi connectivity index (χ1n) is 6.44. The Bertz CT molecular complexity index is 443. The van der Waals surface area contributed by atoms with Crippen LogP contribution in [0.1, 0.15) is 24.4 Å². The summed E-state index contributed by atoms with van der Waals surface area (Å²) in [4.78, 5) is 22.8. The Morgan fingerprint density at radius 3 is 2.53 bits per heavy atom. The summed E-state index contributed by atoms with van der Waals surface area (Å²) in [5, 5.41) is 14.7. The van der Waals surface area contributed by atoms with Gasteiger partial charge in [-0.15, -0.1) is 0 Å². The molecule has 1 aliphatic rings. The van der Waals surface area contributed by atoms with Gasteiger partial charge in [-0.2, -0.15) is 0 Å². The number of amides is 1. The van der Waals surface area contributed by atoms with Crippen molar-refractivity contribution in [1.29, 1.82) is 0 Å². The Kier molecular flexibility index (Phi) is 4.52. The molecule has 19 heavy (non-hydrogen) atoms. The summed E-state index contributed by atoms with van der Waals surface area (Å²) in [5.41, 5.74) is 0.644. The van der Waals surface area contributed by atoms with E-state index in [1.807, 2.05) is 6.07 Å². The second kappa shape index (κ2) is 6.33. The van der Waals surface area contributed by atoms with Gasteiger partial charge in [0.05, 0.1) is 6.54 Å². The quantitative estimate of drug-likeness (QED) is 0.683. The molecule has 102 valence electrons. The highest BCUT2D eigenvalue weighted by atomic mass is 16.4. The number of rotatable bonds is 7. The van der Waals surface area contributed by atoms with E-state index in [-0.39, 0.29) is 12.5 Å². The molecule has 1 atom stereocenters. The Morgan fingerprint density at radius 1 is 1.26 bits per heavy atom. The summed E-state index contributed by atoms with van der Waals surface area (Å²) >= 11 is 0. The van der Waals surface area contributed by atoms with Gasteiger partial charge in [0.1, 0.15) is 6.04 Å². The van der Waals surface area contributed by atoms with Gasteiger partial charge in [0, 0.05) is 6.54 Å². The molecule has 1 aromatic rings. The number of carboxylic acids is 1. The zero-order valence-corrected chi connectivity index (χ0v) is 10.6. The molecular weight excluding hydrogens is 244 g/mol. The predicted octanol–water partition coefficient (Wildman–Crippen LogP) is 0.928. The van der Waals surface area contributed by atoms with Gasteiger partial charge in [-0.25, -0.2) is 0 Å². The highest BCUT2D eigenvalue weighted by molar-refractivity contribution is 5.80. The SMILES string of the molecule is O=C(CNC(C(=O)O)c1ccccc1)NCC1CC1. The molecule has 2 rings (SSSR count). The van der Waals surface area contributed by atoms with Gasteiger partial charge in [0.2, 0.25) is 5.91 Å². The van der Waals surface area contributed by atoms with Crippen molar-refractivity contribution in [2.75, 3.05) is 13.1 Å². The van der Waals surface area contributed by atoms with Crippen molar-refractivity contribution >= 4 is 11.9 Å². The molecule has 0 aliphatic heterocycles. The smallest absolute Gasteiger partial charge is 0.325 e. The molecule has 1 amide bonds. The minimum Gasteiger partial charge on any atom is -0.480 e. The zero-order chi connectivity index (χ0) is 13.7. The van der Waals surface area contributed by atoms with Crippen molar-refractivity contribution in [3.8, 4) is 0 Å². The summed E-state index contributed by atoms with van der Waals surface area (Å²) < 4.78 is 0. The second-order valence-electron chi connectivity index (χ2n) is 4.81. The Hall–Kier alpha value is -1.88. The first-order valence-corrected chi connectivity index (χ1v) is 6.44. The van der Waals surface area contributed by atoms with Gasteiger partial charge in [0.15, 0.2) is 0 Å². The van der Waals surface area contributed by atoms with Gasteiger partial charge >= 0.3 is 5.97 Å². The Balaban J connectivity index is 1.83. The first kappa shape index (κ1) is 13.5. The highest BCUT2D eigenvalue weighted by Gasteiger charge is 2.23. The average molecular weight is 262 g/mol. The number of benzene rings is 1. The number of hydrogen-bond donors (Lipinski definition) is 3. The van der Waals surface area contributed by atoms with E-state index in [0.717, 1.165) is 0 Å². The Labute approximate surface area is 112 Å². The van der Waals surface area contributed by atoms with Crippen molar-refractivity contribution in [1.82, 2.24) is 10.6 Å². The van der Waals surface area contributed by atoms with E-state index in [1.165, 1.54) is 12.8 Å². The molecule has 1 unspecified atom stereocenters. The van der Waals surface area contributed by atoms with E-state index in [0.29, 0.717) is 18.0 Å². The fraction of sp³-hybridized carbons (Fsp3) is 0.429. The Morgan fingerprint density at radius 2 is 1.95 bits per heavy atom. The van der Waals surface area contributed by atoms with Gasteiger partial charge in [-0.3, -0.25) is 14.9 Å². The lowest BCUT2D eigenvalue weighted by molar-refractivity contribution is -0.139. The second-order valence-corrected chi connectivity index (χ2v) is 4.81. The van der Waals surface area contributed by atoms with Crippen LogP contribution in [0.3, 0.4) is 0 Å². The van der Waals surface area contributed by atoms with Crippen molar-refractivity contribution in [2.24, 2.45) is 5.92 Å². The van der Waals surface area contributed by atoms with Crippen LogP contribution in [0.5, 0.6) is 0 Å². The van der Waals surface area contributed by atoms with Crippen LogP contribution in [-0.4, -0.2) is 30.1 Å². The molecule has 1 aliphatic carbocycles.